The molecule has 2 aliphatic heterocycles. The molecule has 0 spiro atoms. The molecule has 0 saturated carbocycles. The van der Waals surface area contributed by atoms with Crippen LogP contribution in [0, 0.1) is 32.4 Å². The topological polar surface area (TPSA) is 76.1 Å². The lowest BCUT2D eigenvalue weighted by Crippen LogP contribution is -2.30. The van der Waals surface area contributed by atoms with E-state index in [1.807, 2.05) is 6.92 Å². The number of carbonyl (C=O) groups is 2. The number of halogens is 2. The lowest BCUT2D eigenvalue weighted by molar-refractivity contribution is -0.160. The summed E-state index contributed by atoms with van der Waals surface area (Å²) >= 11 is 0. The second-order valence-electron chi connectivity index (χ2n) is 11.9. The maximum atomic E-state index is 15.5. The number of rotatable bonds is 5. The van der Waals surface area contributed by atoms with Gasteiger partial charge in [0.2, 0.25) is 0 Å². The van der Waals surface area contributed by atoms with Gasteiger partial charge in [-0.25, -0.2) is 13.6 Å². The number of hydrogen-bond donors (Lipinski definition) is 1. The van der Waals surface area contributed by atoms with Crippen LogP contribution < -0.4 is 9.64 Å². The Balaban J connectivity index is 1.78. The van der Waals surface area contributed by atoms with Gasteiger partial charge >= 0.3 is 5.97 Å². The number of ether oxygens (including phenoxy) is 2. The minimum Gasteiger partial charge on any atom is -0.490 e. The summed E-state index contributed by atoms with van der Waals surface area (Å²) in [5.41, 5.74) is 5.17. The van der Waals surface area contributed by atoms with E-state index in [1.54, 1.807) is 51.7 Å². The molecule has 0 aromatic heterocycles. The molecule has 2 heterocycles. The highest BCUT2D eigenvalue weighted by Gasteiger charge is 2.37. The zero-order valence-electron chi connectivity index (χ0n) is 24.3. The molecule has 0 unspecified atom stereocenters. The number of carboxylic acids is 1. The van der Waals surface area contributed by atoms with Crippen LogP contribution in [0.4, 0.5) is 14.5 Å². The average Bonchev–Trinajstić information content (AvgIpc) is 3.32. The van der Waals surface area contributed by atoms with Crippen molar-refractivity contribution in [1.82, 2.24) is 0 Å². The highest BCUT2D eigenvalue weighted by molar-refractivity contribution is 6.09. The zero-order valence-corrected chi connectivity index (χ0v) is 24.3. The van der Waals surface area contributed by atoms with E-state index in [-0.39, 0.29) is 17.2 Å². The van der Waals surface area contributed by atoms with Crippen LogP contribution in [0.15, 0.2) is 30.3 Å². The number of nitrogens with zero attached hydrogens (tertiary/aromatic N) is 1. The smallest absolute Gasteiger partial charge is 0.337 e. The Labute approximate surface area is 238 Å². The summed E-state index contributed by atoms with van der Waals surface area (Å²) in [7, 11) is 0. The quantitative estimate of drug-likeness (QED) is 0.361. The number of amides is 1. The largest absolute Gasteiger partial charge is 0.490 e. The standard InChI is InChI=1S/C33H35F2NO5/c1-17-9-10-20(34)15-23(17)31(37)36-12-11-22-26(36)14-18(2)27(30(32(38)39)41-33(4,5)6)28(22)24-16-25(35)29-21(19(24)3)8-7-13-40-29/h9-10,14-16,30H,7-8,11-13H2,1-6H3,(H,38,39)/t30-/m0/s1. The molecule has 41 heavy (non-hydrogen) atoms. The fourth-order valence-corrected chi connectivity index (χ4v) is 6.03. The number of anilines is 1. The number of aryl methyl sites for hydroxylation is 2. The lowest BCUT2D eigenvalue weighted by Gasteiger charge is -2.30. The molecule has 0 radical (unpaired) electrons. The Bertz CT molecular complexity index is 1570. The lowest BCUT2D eigenvalue weighted by atomic mass is 9.83. The molecule has 1 atom stereocenters. The van der Waals surface area contributed by atoms with E-state index in [9.17, 15) is 19.1 Å². The van der Waals surface area contributed by atoms with Crippen molar-refractivity contribution >= 4 is 17.6 Å². The molecule has 0 aliphatic carbocycles. The molecule has 0 saturated heterocycles. The van der Waals surface area contributed by atoms with Gasteiger partial charge in [-0.3, -0.25) is 4.79 Å². The van der Waals surface area contributed by atoms with Gasteiger partial charge in [-0.1, -0.05) is 6.07 Å². The normalized spacial score (nSPS) is 15.3. The summed E-state index contributed by atoms with van der Waals surface area (Å²) in [5, 5.41) is 10.4. The number of carboxylic acid groups (broad SMARTS) is 1. The van der Waals surface area contributed by atoms with E-state index < -0.39 is 29.3 Å². The van der Waals surface area contributed by atoms with Crippen LogP contribution >= 0.6 is 0 Å². The fraction of sp³-hybridized carbons (Fsp3) is 0.394. The van der Waals surface area contributed by atoms with Crippen molar-refractivity contribution in [2.24, 2.45) is 0 Å². The first-order valence-electron chi connectivity index (χ1n) is 13.9. The first-order chi connectivity index (χ1) is 19.3. The Morgan fingerprint density at radius 2 is 1.76 bits per heavy atom. The Morgan fingerprint density at radius 3 is 2.44 bits per heavy atom. The van der Waals surface area contributed by atoms with Crippen LogP contribution in [0.1, 0.15) is 77.0 Å². The van der Waals surface area contributed by atoms with Gasteiger partial charge in [-0.05, 0) is 118 Å². The highest BCUT2D eigenvalue weighted by atomic mass is 19.1. The van der Waals surface area contributed by atoms with Gasteiger partial charge in [-0.2, -0.15) is 0 Å². The van der Waals surface area contributed by atoms with Crippen LogP contribution in [0.3, 0.4) is 0 Å². The number of aliphatic carboxylic acids is 1. The maximum absolute atomic E-state index is 15.5. The fourth-order valence-electron chi connectivity index (χ4n) is 6.03. The van der Waals surface area contributed by atoms with Crippen molar-refractivity contribution in [2.45, 2.75) is 72.5 Å². The van der Waals surface area contributed by atoms with Gasteiger partial charge in [0, 0.05) is 28.9 Å². The monoisotopic (exact) mass is 563 g/mol. The van der Waals surface area contributed by atoms with Crippen molar-refractivity contribution < 1.29 is 33.0 Å². The van der Waals surface area contributed by atoms with Crippen molar-refractivity contribution in [3.05, 3.63) is 80.9 Å². The molecule has 216 valence electrons. The van der Waals surface area contributed by atoms with E-state index in [0.29, 0.717) is 59.5 Å². The van der Waals surface area contributed by atoms with Gasteiger partial charge in [0.25, 0.3) is 5.91 Å². The molecule has 3 aromatic rings. The second-order valence-corrected chi connectivity index (χ2v) is 11.9. The van der Waals surface area contributed by atoms with E-state index in [1.165, 1.54) is 18.2 Å². The molecule has 6 nitrogen and oxygen atoms in total. The van der Waals surface area contributed by atoms with E-state index in [4.69, 9.17) is 9.47 Å². The first-order valence-corrected chi connectivity index (χ1v) is 13.9. The number of carbonyl (C=O) groups excluding carboxylic acids is 1. The minimum absolute atomic E-state index is 0.238. The van der Waals surface area contributed by atoms with Crippen molar-refractivity contribution in [1.29, 1.82) is 0 Å². The van der Waals surface area contributed by atoms with Crippen LogP contribution in [-0.4, -0.2) is 35.7 Å². The highest BCUT2D eigenvalue weighted by Crippen LogP contribution is 2.48. The van der Waals surface area contributed by atoms with Crippen molar-refractivity contribution in [3.8, 4) is 16.9 Å². The minimum atomic E-state index is -1.33. The molecule has 8 heteroatoms. The predicted molar refractivity (Wildman–Crippen MR) is 153 cm³/mol. The van der Waals surface area contributed by atoms with Gasteiger partial charge in [0.05, 0.1) is 12.2 Å². The number of benzene rings is 3. The first kappa shape index (κ1) is 28.7. The molecule has 0 bridgehead atoms. The third-order valence-corrected chi connectivity index (χ3v) is 7.87. The van der Waals surface area contributed by atoms with Gasteiger partial charge in [0.15, 0.2) is 17.7 Å². The molecule has 1 N–H and O–H groups in total. The van der Waals surface area contributed by atoms with Gasteiger partial charge < -0.3 is 19.5 Å². The van der Waals surface area contributed by atoms with Crippen LogP contribution in [0.2, 0.25) is 0 Å². The van der Waals surface area contributed by atoms with Crippen LogP contribution in [0.25, 0.3) is 11.1 Å². The van der Waals surface area contributed by atoms with Gasteiger partial charge in [-0.15, -0.1) is 0 Å². The zero-order chi connectivity index (χ0) is 29.8. The Hall–Kier alpha value is -3.78. The summed E-state index contributed by atoms with van der Waals surface area (Å²) < 4.78 is 41.4. The second kappa shape index (κ2) is 10.6. The summed E-state index contributed by atoms with van der Waals surface area (Å²) in [6.45, 7) is 11.5. The average molecular weight is 564 g/mol. The summed E-state index contributed by atoms with van der Waals surface area (Å²) in [4.78, 5) is 28.0. The molecule has 3 aromatic carbocycles. The maximum Gasteiger partial charge on any atom is 0.337 e. The Kier molecular flexibility index (Phi) is 7.40. The molecular formula is C33H35F2NO5. The SMILES string of the molecule is Cc1ccc(F)cc1C(=O)N1CCc2c1cc(C)c([C@H](OC(C)(C)C)C(=O)O)c2-c1cc(F)c2c(c1C)CCCO2. The molecule has 1 amide bonds. The van der Waals surface area contributed by atoms with Crippen LogP contribution in [-0.2, 0) is 22.4 Å². The summed E-state index contributed by atoms with van der Waals surface area (Å²) in [6, 6.07) is 7.33. The third-order valence-electron chi connectivity index (χ3n) is 7.87. The Morgan fingerprint density at radius 1 is 1.02 bits per heavy atom. The number of hydrogen-bond acceptors (Lipinski definition) is 4. The van der Waals surface area contributed by atoms with E-state index in [2.05, 4.69) is 0 Å². The predicted octanol–water partition coefficient (Wildman–Crippen LogP) is 7.03. The van der Waals surface area contributed by atoms with Crippen molar-refractivity contribution in [3.63, 3.8) is 0 Å². The van der Waals surface area contributed by atoms with Gasteiger partial charge in [0.1, 0.15) is 5.82 Å². The molecule has 2 aliphatic rings. The van der Waals surface area contributed by atoms with E-state index in [0.717, 1.165) is 23.1 Å². The number of fused-ring (bicyclic) bond motifs is 2. The van der Waals surface area contributed by atoms with Crippen molar-refractivity contribution in [2.75, 3.05) is 18.1 Å². The third kappa shape index (κ3) is 5.21. The van der Waals surface area contributed by atoms with Crippen LogP contribution in [0.5, 0.6) is 5.75 Å². The molecule has 5 rings (SSSR count). The molecule has 0 fully saturated rings. The van der Waals surface area contributed by atoms with E-state index >= 15 is 4.39 Å². The summed E-state index contributed by atoms with van der Waals surface area (Å²) in [6.07, 6.45) is 0.462. The molecular weight excluding hydrogens is 528 g/mol. The summed E-state index contributed by atoms with van der Waals surface area (Å²) in [5.74, 6) is -2.28.